The van der Waals surface area contributed by atoms with Gasteiger partial charge in [-0.05, 0) is 25.1 Å². The summed E-state index contributed by atoms with van der Waals surface area (Å²) < 4.78 is 29.6. The maximum Gasteiger partial charge on any atom is 0.192 e. The molecule has 0 saturated carbocycles. The lowest BCUT2D eigenvalue weighted by atomic mass is 10.1. The quantitative estimate of drug-likeness (QED) is 0.782. The fourth-order valence-electron chi connectivity index (χ4n) is 1.81. The van der Waals surface area contributed by atoms with Gasteiger partial charge in [0.2, 0.25) is 0 Å². The van der Waals surface area contributed by atoms with E-state index in [-0.39, 0.29) is 11.9 Å². The molecule has 5 heteroatoms. The number of ether oxygens (including phenoxy) is 3. The molecule has 2 atom stereocenters. The van der Waals surface area contributed by atoms with Gasteiger partial charge in [-0.2, -0.15) is 0 Å². The maximum atomic E-state index is 13.6. The topological polar surface area (TPSA) is 27.7 Å². The summed E-state index contributed by atoms with van der Waals surface area (Å²) in [5.74, 6) is -0.821. The van der Waals surface area contributed by atoms with Crippen LogP contribution in [-0.4, -0.2) is 25.7 Å². The molecule has 1 aromatic rings. The Morgan fingerprint density at radius 3 is 2.88 bits per heavy atom. The van der Waals surface area contributed by atoms with Crippen LogP contribution in [0.15, 0.2) is 18.2 Å². The highest BCUT2D eigenvalue weighted by atomic mass is 35.5. The summed E-state index contributed by atoms with van der Waals surface area (Å²) in [5.41, 5.74) is 0.614. The Kier molecular flexibility index (Phi) is 3.56. The second kappa shape index (κ2) is 4.80. The van der Waals surface area contributed by atoms with Crippen LogP contribution >= 0.6 is 11.6 Å². The van der Waals surface area contributed by atoms with Crippen molar-refractivity contribution in [1.82, 2.24) is 0 Å². The molecular formula is C12H14ClFO3. The van der Waals surface area contributed by atoms with Gasteiger partial charge in [0.25, 0.3) is 0 Å². The van der Waals surface area contributed by atoms with E-state index in [2.05, 4.69) is 0 Å². The van der Waals surface area contributed by atoms with Gasteiger partial charge >= 0.3 is 0 Å². The normalized spacial score (nSPS) is 28.4. The van der Waals surface area contributed by atoms with Gasteiger partial charge in [0.05, 0.1) is 25.7 Å². The molecule has 1 saturated heterocycles. The molecule has 0 aromatic heterocycles. The molecule has 0 bridgehead atoms. The Bertz CT molecular complexity index is 413. The highest BCUT2D eigenvalue weighted by Gasteiger charge is 2.38. The molecular weight excluding hydrogens is 247 g/mol. The number of rotatable bonds is 3. The summed E-state index contributed by atoms with van der Waals surface area (Å²) in [6, 6.07) is 4.63. The zero-order valence-electron chi connectivity index (χ0n) is 9.70. The number of methoxy groups -OCH3 is 1. The maximum absolute atomic E-state index is 13.6. The summed E-state index contributed by atoms with van der Waals surface area (Å²) in [7, 11) is 1.42. The van der Waals surface area contributed by atoms with E-state index in [1.165, 1.54) is 13.2 Å². The summed E-state index contributed by atoms with van der Waals surface area (Å²) in [6.07, 6.45) is -0.160. The lowest BCUT2D eigenvalue weighted by molar-refractivity contribution is -0.159. The van der Waals surface area contributed by atoms with Crippen molar-refractivity contribution in [2.24, 2.45) is 0 Å². The third-order valence-corrected chi connectivity index (χ3v) is 3.13. The summed E-state index contributed by atoms with van der Waals surface area (Å²) in [6.45, 7) is 2.16. The third kappa shape index (κ3) is 2.39. The SMILES string of the molecule is COc1ccc(C2(C)OCC(CCl)O2)cc1F. The predicted molar refractivity (Wildman–Crippen MR) is 61.8 cm³/mol. The summed E-state index contributed by atoms with van der Waals surface area (Å²) in [4.78, 5) is 0. The summed E-state index contributed by atoms with van der Waals surface area (Å²) >= 11 is 5.70. The van der Waals surface area contributed by atoms with Crippen LogP contribution in [0, 0.1) is 5.82 Å². The van der Waals surface area contributed by atoms with E-state index in [0.717, 1.165) is 0 Å². The number of alkyl halides is 1. The minimum atomic E-state index is -0.938. The number of hydrogen-bond acceptors (Lipinski definition) is 3. The zero-order chi connectivity index (χ0) is 12.5. The fraction of sp³-hybridized carbons (Fsp3) is 0.500. The van der Waals surface area contributed by atoms with Crippen molar-refractivity contribution >= 4 is 11.6 Å². The highest BCUT2D eigenvalue weighted by molar-refractivity contribution is 6.18. The van der Waals surface area contributed by atoms with E-state index in [0.29, 0.717) is 18.1 Å². The van der Waals surface area contributed by atoms with Crippen LogP contribution in [0.5, 0.6) is 5.75 Å². The lowest BCUT2D eigenvalue weighted by Crippen LogP contribution is -2.24. The van der Waals surface area contributed by atoms with Crippen molar-refractivity contribution in [3.8, 4) is 5.75 Å². The van der Waals surface area contributed by atoms with Crippen molar-refractivity contribution in [2.45, 2.75) is 18.8 Å². The Labute approximate surface area is 104 Å². The average Bonchev–Trinajstić information content (AvgIpc) is 2.72. The molecule has 0 aliphatic carbocycles. The van der Waals surface area contributed by atoms with Crippen molar-refractivity contribution in [3.63, 3.8) is 0 Å². The molecule has 0 N–H and O–H groups in total. The highest BCUT2D eigenvalue weighted by Crippen LogP contribution is 2.35. The van der Waals surface area contributed by atoms with Crippen LogP contribution in [-0.2, 0) is 15.3 Å². The van der Waals surface area contributed by atoms with Crippen LogP contribution < -0.4 is 4.74 Å². The molecule has 1 aromatic carbocycles. The number of hydrogen-bond donors (Lipinski definition) is 0. The number of benzene rings is 1. The summed E-state index contributed by atoms with van der Waals surface area (Å²) in [5, 5.41) is 0. The van der Waals surface area contributed by atoms with Gasteiger partial charge in [0.1, 0.15) is 0 Å². The molecule has 1 heterocycles. The fourth-order valence-corrected chi connectivity index (χ4v) is 1.97. The van der Waals surface area contributed by atoms with Gasteiger partial charge in [-0.15, -0.1) is 11.6 Å². The molecule has 3 nitrogen and oxygen atoms in total. The van der Waals surface area contributed by atoms with E-state index in [1.807, 2.05) is 0 Å². The van der Waals surface area contributed by atoms with Gasteiger partial charge < -0.3 is 14.2 Å². The van der Waals surface area contributed by atoms with Gasteiger partial charge in [0.15, 0.2) is 17.4 Å². The van der Waals surface area contributed by atoms with E-state index < -0.39 is 11.6 Å². The molecule has 0 amide bonds. The van der Waals surface area contributed by atoms with Gasteiger partial charge in [-0.3, -0.25) is 0 Å². The van der Waals surface area contributed by atoms with Crippen LogP contribution in [0.25, 0.3) is 0 Å². The first-order valence-electron chi connectivity index (χ1n) is 5.31. The molecule has 1 aliphatic rings. The van der Waals surface area contributed by atoms with Crippen LogP contribution in [0.3, 0.4) is 0 Å². The van der Waals surface area contributed by atoms with E-state index >= 15 is 0 Å². The van der Waals surface area contributed by atoms with Gasteiger partial charge in [-0.1, -0.05) is 0 Å². The van der Waals surface area contributed by atoms with Crippen LogP contribution in [0.2, 0.25) is 0 Å². The zero-order valence-corrected chi connectivity index (χ0v) is 10.5. The minimum Gasteiger partial charge on any atom is -0.494 e. The monoisotopic (exact) mass is 260 g/mol. The molecule has 17 heavy (non-hydrogen) atoms. The van der Waals surface area contributed by atoms with Crippen molar-refractivity contribution in [1.29, 1.82) is 0 Å². The first kappa shape index (κ1) is 12.6. The van der Waals surface area contributed by atoms with Gasteiger partial charge in [0, 0.05) is 5.56 Å². The molecule has 0 spiro atoms. The molecule has 1 aliphatic heterocycles. The molecule has 94 valence electrons. The number of halogens is 2. The second-order valence-electron chi connectivity index (χ2n) is 4.00. The van der Waals surface area contributed by atoms with Crippen LogP contribution in [0.1, 0.15) is 12.5 Å². The molecule has 2 rings (SSSR count). The Hall–Kier alpha value is -0.840. The van der Waals surface area contributed by atoms with Crippen molar-refractivity contribution < 1.29 is 18.6 Å². The van der Waals surface area contributed by atoms with E-state index in [4.69, 9.17) is 25.8 Å². The standard InChI is InChI=1S/C12H14ClFO3/c1-12(16-7-9(6-13)17-12)8-3-4-11(15-2)10(14)5-8/h3-5,9H,6-7H2,1-2H3. The Balaban J connectivity index is 2.25. The van der Waals surface area contributed by atoms with Crippen LogP contribution in [0.4, 0.5) is 4.39 Å². The smallest absolute Gasteiger partial charge is 0.192 e. The second-order valence-corrected chi connectivity index (χ2v) is 4.31. The van der Waals surface area contributed by atoms with E-state index in [9.17, 15) is 4.39 Å². The van der Waals surface area contributed by atoms with Gasteiger partial charge in [-0.25, -0.2) is 4.39 Å². The first-order valence-corrected chi connectivity index (χ1v) is 5.84. The average molecular weight is 261 g/mol. The van der Waals surface area contributed by atoms with E-state index in [1.54, 1.807) is 19.1 Å². The molecule has 0 radical (unpaired) electrons. The van der Waals surface area contributed by atoms with Crippen molar-refractivity contribution in [2.75, 3.05) is 19.6 Å². The predicted octanol–water partition coefficient (Wildman–Crippen LogP) is 2.66. The Morgan fingerprint density at radius 2 is 2.35 bits per heavy atom. The minimum absolute atomic E-state index is 0.160. The van der Waals surface area contributed by atoms with Crippen molar-refractivity contribution in [3.05, 3.63) is 29.6 Å². The largest absolute Gasteiger partial charge is 0.494 e. The molecule has 1 fully saturated rings. The third-order valence-electron chi connectivity index (χ3n) is 2.78. The first-order chi connectivity index (χ1) is 8.09. The lowest BCUT2D eigenvalue weighted by Gasteiger charge is -2.23. The molecule has 2 unspecified atom stereocenters. The Morgan fingerprint density at radius 1 is 1.59 bits per heavy atom.